The van der Waals surface area contributed by atoms with Crippen molar-refractivity contribution in [1.29, 1.82) is 0 Å². The Balaban J connectivity index is 2.91. The number of hydrogen-bond donors (Lipinski definition) is 1. The monoisotopic (exact) mass is 277 g/mol. The normalized spacial score (nSPS) is 11.2. The van der Waals surface area contributed by atoms with Crippen molar-refractivity contribution in [3.8, 4) is 0 Å². The molecule has 3 nitrogen and oxygen atoms in total. The average molecular weight is 278 g/mol. The Bertz CT molecular complexity index is 650. The lowest BCUT2D eigenvalue weighted by Gasteiger charge is -2.15. The fourth-order valence-corrected chi connectivity index (χ4v) is 2.60. The molecule has 0 aliphatic carbocycles. The predicted molar refractivity (Wildman–Crippen MR) is 77.2 cm³/mol. The van der Waals surface area contributed by atoms with Crippen LogP contribution in [0.1, 0.15) is 48.2 Å². The molecule has 19 heavy (non-hydrogen) atoms. The van der Waals surface area contributed by atoms with E-state index in [0.717, 1.165) is 28.5 Å². The zero-order chi connectivity index (χ0) is 14.2. The summed E-state index contributed by atoms with van der Waals surface area (Å²) in [5.41, 5.74) is 2.79. The highest BCUT2D eigenvalue weighted by Crippen LogP contribution is 2.32. The van der Waals surface area contributed by atoms with Crippen molar-refractivity contribution in [1.82, 2.24) is 4.98 Å². The summed E-state index contributed by atoms with van der Waals surface area (Å²) in [6, 6.07) is 5.91. The fraction of sp³-hybridized carbons (Fsp3) is 0.333. The Hall–Kier alpha value is -1.61. The van der Waals surface area contributed by atoms with Gasteiger partial charge in [-0.05, 0) is 35.6 Å². The highest BCUT2D eigenvalue weighted by atomic mass is 35.5. The van der Waals surface area contributed by atoms with E-state index in [1.165, 1.54) is 0 Å². The number of nitrogens with zero attached hydrogens (tertiary/aromatic N) is 1. The third-order valence-corrected chi connectivity index (χ3v) is 3.52. The van der Waals surface area contributed by atoms with Crippen LogP contribution in [0.15, 0.2) is 18.2 Å². The second-order valence-corrected chi connectivity index (χ2v) is 5.21. The molecule has 0 radical (unpaired) electrons. The number of aromatic carboxylic acids is 1. The topological polar surface area (TPSA) is 50.2 Å². The first-order valence-corrected chi connectivity index (χ1v) is 6.68. The lowest BCUT2D eigenvalue weighted by molar-refractivity contribution is 0.0695. The van der Waals surface area contributed by atoms with Gasteiger partial charge >= 0.3 is 5.97 Å². The van der Waals surface area contributed by atoms with Gasteiger partial charge in [0.1, 0.15) is 10.7 Å². The van der Waals surface area contributed by atoms with Crippen molar-refractivity contribution in [3.05, 3.63) is 40.0 Å². The maximum atomic E-state index is 11.4. The first-order valence-electron chi connectivity index (χ1n) is 6.31. The first-order chi connectivity index (χ1) is 8.95. The number of fused-ring (bicyclic) bond motifs is 1. The van der Waals surface area contributed by atoms with E-state index in [0.29, 0.717) is 0 Å². The minimum absolute atomic E-state index is 0.0629. The summed E-state index contributed by atoms with van der Waals surface area (Å²) >= 11 is 6.03. The molecule has 2 aromatic rings. The number of aryl methyl sites for hydroxylation is 1. The molecular formula is C15H16ClNO2. The van der Waals surface area contributed by atoms with Crippen LogP contribution in [0, 0.1) is 0 Å². The van der Waals surface area contributed by atoms with E-state index in [1.54, 1.807) is 0 Å². The minimum Gasteiger partial charge on any atom is -0.478 e. The van der Waals surface area contributed by atoms with Gasteiger partial charge in [0, 0.05) is 5.39 Å². The zero-order valence-electron chi connectivity index (χ0n) is 11.2. The number of aromatic nitrogens is 1. The second-order valence-electron chi connectivity index (χ2n) is 4.86. The van der Waals surface area contributed by atoms with Gasteiger partial charge in [-0.1, -0.05) is 38.4 Å². The number of carbonyl (C=O) groups is 1. The van der Waals surface area contributed by atoms with Gasteiger partial charge in [0.05, 0.1) is 5.52 Å². The Morgan fingerprint density at radius 3 is 2.63 bits per heavy atom. The van der Waals surface area contributed by atoms with E-state index in [-0.39, 0.29) is 16.6 Å². The number of pyridine rings is 1. The Kier molecular flexibility index (Phi) is 3.76. The van der Waals surface area contributed by atoms with Crippen LogP contribution in [0.25, 0.3) is 10.9 Å². The molecule has 1 heterocycles. The smallest absolute Gasteiger partial charge is 0.339 e. The second kappa shape index (κ2) is 5.17. The quantitative estimate of drug-likeness (QED) is 0.852. The lowest BCUT2D eigenvalue weighted by atomic mass is 9.93. The van der Waals surface area contributed by atoms with Crippen LogP contribution in [0.5, 0.6) is 0 Å². The van der Waals surface area contributed by atoms with Crippen LogP contribution < -0.4 is 0 Å². The van der Waals surface area contributed by atoms with Gasteiger partial charge in [0.2, 0.25) is 0 Å². The SMILES string of the molecule is CCc1ccc2nc(Cl)c(C(=O)O)c(C(C)C)c2c1. The molecule has 0 bridgehead atoms. The summed E-state index contributed by atoms with van der Waals surface area (Å²) < 4.78 is 0. The van der Waals surface area contributed by atoms with Gasteiger partial charge in [-0.15, -0.1) is 0 Å². The Morgan fingerprint density at radius 2 is 2.11 bits per heavy atom. The molecule has 0 saturated heterocycles. The standard InChI is InChI=1S/C15H16ClNO2/c1-4-9-5-6-11-10(7-9)12(8(2)3)13(15(18)19)14(16)17-11/h5-8H,4H2,1-3H3,(H,18,19). The average Bonchev–Trinajstić information content (AvgIpc) is 2.35. The molecule has 0 aliphatic heterocycles. The van der Waals surface area contributed by atoms with Gasteiger partial charge in [-0.3, -0.25) is 0 Å². The fourth-order valence-electron chi connectivity index (χ4n) is 2.33. The summed E-state index contributed by atoms with van der Waals surface area (Å²) in [6.07, 6.45) is 0.901. The summed E-state index contributed by atoms with van der Waals surface area (Å²) in [5, 5.41) is 10.3. The molecule has 1 N–H and O–H groups in total. The van der Waals surface area contributed by atoms with Gasteiger partial charge in [-0.2, -0.15) is 0 Å². The number of carboxylic acid groups (broad SMARTS) is 1. The van der Waals surface area contributed by atoms with Crippen molar-refractivity contribution in [2.24, 2.45) is 0 Å². The maximum Gasteiger partial charge on any atom is 0.339 e. The van der Waals surface area contributed by atoms with Crippen molar-refractivity contribution >= 4 is 28.5 Å². The molecule has 0 aliphatic rings. The molecule has 0 saturated carbocycles. The highest BCUT2D eigenvalue weighted by Gasteiger charge is 2.21. The molecule has 4 heteroatoms. The van der Waals surface area contributed by atoms with Crippen LogP contribution in [-0.2, 0) is 6.42 Å². The largest absolute Gasteiger partial charge is 0.478 e. The molecule has 1 aromatic heterocycles. The van der Waals surface area contributed by atoms with Gasteiger partial charge in [0.15, 0.2) is 0 Å². The number of hydrogen-bond acceptors (Lipinski definition) is 2. The predicted octanol–water partition coefficient (Wildman–Crippen LogP) is 4.27. The van der Waals surface area contributed by atoms with E-state index in [9.17, 15) is 9.90 Å². The summed E-state index contributed by atoms with van der Waals surface area (Å²) in [4.78, 5) is 15.6. The highest BCUT2D eigenvalue weighted by molar-refractivity contribution is 6.33. The molecule has 2 rings (SSSR count). The number of carboxylic acids is 1. The Labute approximate surface area is 117 Å². The summed E-state index contributed by atoms with van der Waals surface area (Å²) in [7, 11) is 0. The first kappa shape index (κ1) is 13.8. The molecule has 1 aromatic carbocycles. The molecule has 0 atom stereocenters. The van der Waals surface area contributed by atoms with E-state index in [1.807, 2.05) is 32.0 Å². The van der Waals surface area contributed by atoms with Crippen LogP contribution in [0.3, 0.4) is 0 Å². The van der Waals surface area contributed by atoms with Crippen molar-refractivity contribution in [3.63, 3.8) is 0 Å². The van der Waals surface area contributed by atoms with Gasteiger partial charge in [-0.25, -0.2) is 9.78 Å². The molecular weight excluding hydrogens is 262 g/mol. The van der Waals surface area contributed by atoms with E-state index >= 15 is 0 Å². The molecule has 100 valence electrons. The summed E-state index contributed by atoms with van der Waals surface area (Å²) in [5.74, 6) is -0.953. The Morgan fingerprint density at radius 1 is 1.42 bits per heavy atom. The van der Waals surface area contributed by atoms with Gasteiger partial charge in [0.25, 0.3) is 0 Å². The summed E-state index contributed by atoms with van der Waals surface area (Å²) in [6.45, 7) is 6.00. The van der Waals surface area contributed by atoms with Gasteiger partial charge < -0.3 is 5.11 Å². The third kappa shape index (κ3) is 2.43. The van der Waals surface area contributed by atoms with Crippen LogP contribution in [-0.4, -0.2) is 16.1 Å². The maximum absolute atomic E-state index is 11.4. The van der Waals surface area contributed by atoms with E-state index in [4.69, 9.17) is 11.6 Å². The van der Waals surface area contributed by atoms with Crippen molar-refractivity contribution in [2.45, 2.75) is 33.1 Å². The molecule has 0 amide bonds. The lowest BCUT2D eigenvalue weighted by Crippen LogP contribution is -2.08. The van der Waals surface area contributed by atoms with Crippen molar-refractivity contribution < 1.29 is 9.90 Å². The molecule has 0 unspecified atom stereocenters. The zero-order valence-corrected chi connectivity index (χ0v) is 12.0. The third-order valence-electron chi connectivity index (χ3n) is 3.24. The van der Waals surface area contributed by atoms with Crippen LogP contribution in [0.4, 0.5) is 0 Å². The minimum atomic E-state index is -1.02. The number of benzene rings is 1. The molecule has 0 spiro atoms. The van der Waals surface area contributed by atoms with Crippen LogP contribution >= 0.6 is 11.6 Å². The van der Waals surface area contributed by atoms with Crippen LogP contribution in [0.2, 0.25) is 5.15 Å². The van der Waals surface area contributed by atoms with E-state index in [2.05, 4.69) is 11.9 Å². The number of rotatable bonds is 3. The number of halogens is 1. The molecule has 0 fully saturated rings. The van der Waals surface area contributed by atoms with Crippen molar-refractivity contribution in [2.75, 3.05) is 0 Å². The van der Waals surface area contributed by atoms with E-state index < -0.39 is 5.97 Å².